The molecule has 0 amide bonds. The number of carbonyl (C=O) groups is 1. The van der Waals surface area contributed by atoms with Crippen molar-refractivity contribution in [2.24, 2.45) is 5.73 Å². The molecule has 1 atom stereocenters. The van der Waals surface area contributed by atoms with Crippen LogP contribution in [-0.4, -0.2) is 16.2 Å². The summed E-state index contributed by atoms with van der Waals surface area (Å²) in [4.78, 5) is 10.4. The Morgan fingerprint density at radius 3 is 2.75 bits per heavy atom. The molecule has 4 N–H and O–H groups in total. The molecular formula is C11H14BrNO3. The van der Waals surface area contributed by atoms with Gasteiger partial charge in [-0.25, -0.2) is 0 Å². The predicted octanol–water partition coefficient (Wildman–Crippen LogP) is 2.33. The monoisotopic (exact) mass is 287 g/mol. The molecular weight excluding hydrogens is 274 g/mol. The van der Waals surface area contributed by atoms with Gasteiger partial charge in [0.1, 0.15) is 5.75 Å². The van der Waals surface area contributed by atoms with Crippen LogP contribution in [0.3, 0.4) is 0 Å². The fourth-order valence-electron chi connectivity index (χ4n) is 1.48. The first-order valence-corrected chi connectivity index (χ1v) is 5.67. The van der Waals surface area contributed by atoms with E-state index in [9.17, 15) is 9.90 Å². The van der Waals surface area contributed by atoms with Gasteiger partial charge in [-0.1, -0.05) is 15.9 Å². The number of benzene rings is 1. The van der Waals surface area contributed by atoms with Gasteiger partial charge in [-0.3, -0.25) is 4.79 Å². The van der Waals surface area contributed by atoms with Crippen molar-refractivity contribution in [3.63, 3.8) is 0 Å². The van der Waals surface area contributed by atoms with E-state index in [4.69, 9.17) is 10.8 Å². The molecule has 1 rings (SSSR count). The van der Waals surface area contributed by atoms with Crippen molar-refractivity contribution in [3.8, 4) is 5.75 Å². The SMILES string of the molecule is Cc1cc(Br)cc(C(N)CCC(=O)O)c1O. The average Bonchev–Trinajstić information content (AvgIpc) is 2.19. The van der Waals surface area contributed by atoms with Crippen LogP contribution in [0.2, 0.25) is 0 Å². The lowest BCUT2D eigenvalue weighted by atomic mass is 9.99. The highest BCUT2D eigenvalue weighted by Crippen LogP contribution is 2.31. The van der Waals surface area contributed by atoms with Gasteiger partial charge in [0.15, 0.2) is 0 Å². The Bertz CT molecular complexity index is 406. The number of aliphatic carboxylic acids is 1. The van der Waals surface area contributed by atoms with E-state index in [1.165, 1.54) is 0 Å². The zero-order chi connectivity index (χ0) is 12.3. The van der Waals surface area contributed by atoms with Crippen LogP contribution in [0.5, 0.6) is 5.75 Å². The number of carboxylic acid groups (broad SMARTS) is 1. The van der Waals surface area contributed by atoms with Gasteiger partial charge in [0.2, 0.25) is 0 Å². The summed E-state index contributed by atoms with van der Waals surface area (Å²) in [6.45, 7) is 1.77. The summed E-state index contributed by atoms with van der Waals surface area (Å²) in [6, 6.07) is 3.03. The normalized spacial score (nSPS) is 12.4. The van der Waals surface area contributed by atoms with E-state index < -0.39 is 12.0 Å². The van der Waals surface area contributed by atoms with Gasteiger partial charge >= 0.3 is 5.97 Å². The topological polar surface area (TPSA) is 83.6 Å². The number of aromatic hydroxyl groups is 1. The van der Waals surface area contributed by atoms with Gasteiger partial charge in [-0.15, -0.1) is 0 Å². The molecule has 0 aliphatic rings. The van der Waals surface area contributed by atoms with Gasteiger partial charge in [-0.2, -0.15) is 0 Å². The molecule has 0 heterocycles. The maximum absolute atomic E-state index is 10.4. The molecule has 5 heteroatoms. The minimum atomic E-state index is -0.887. The van der Waals surface area contributed by atoms with Crippen LogP contribution < -0.4 is 5.73 Å². The fraction of sp³-hybridized carbons (Fsp3) is 0.364. The van der Waals surface area contributed by atoms with E-state index >= 15 is 0 Å². The standard InChI is InChI=1S/C11H14BrNO3/c1-6-4-7(12)5-8(11(6)16)9(13)2-3-10(14)15/h4-5,9,16H,2-3,13H2,1H3,(H,14,15). The van der Waals surface area contributed by atoms with E-state index in [1.807, 2.05) is 0 Å². The smallest absolute Gasteiger partial charge is 0.303 e. The number of nitrogens with two attached hydrogens (primary N) is 1. The van der Waals surface area contributed by atoms with Gasteiger partial charge in [0, 0.05) is 22.5 Å². The van der Waals surface area contributed by atoms with Crippen molar-refractivity contribution in [2.45, 2.75) is 25.8 Å². The van der Waals surface area contributed by atoms with Crippen molar-refractivity contribution in [2.75, 3.05) is 0 Å². The van der Waals surface area contributed by atoms with Crippen molar-refractivity contribution < 1.29 is 15.0 Å². The lowest BCUT2D eigenvalue weighted by Gasteiger charge is -2.14. The molecule has 0 fully saturated rings. The third-order valence-electron chi connectivity index (χ3n) is 2.36. The molecule has 0 radical (unpaired) electrons. The van der Waals surface area contributed by atoms with E-state index in [-0.39, 0.29) is 12.2 Å². The Morgan fingerprint density at radius 1 is 1.56 bits per heavy atom. The first-order chi connectivity index (χ1) is 7.41. The Balaban J connectivity index is 2.90. The maximum Gasteiger partial charge on any atom is 0.303 e. The van der Waals surface area contributed by atoms with Gasteiger partial charge in [0.25, 0.3) is 0 Å². The van der Waals surface area contributed by atoms with Crippen LogP contribution in [-0.2, 0) is 4.79 Å². The largest absolute Gasteiger partial charge is 0.507 e. The molecule has 1 unspecified atom stereocenters. The van der Waals surface area contributed by atoms with E-state index in [1.54, 1.807) is 19.1 Å². The fourth-order valence-corrected chi connectivity index (χ4v) is 2.07. The third kappa shape index (κ3) is 3.21. The number of phenolic OH excluding ortho intramolecular Hbond substituents is 1. The molecule has 0 aliphatic carbocycles. The third-order valence-corrected chi connectivity index (χ3v) is 2.82. The highest BCUT2D eigenvalue weighted by atomic mass is 79.9. The number of hydrogen-bond donors (Lipinski definition) is 3. The first-order valence-electron chi connectivity index (χ1n) is 4.88. The van der Waals surface area contributed by atoms with Crippen LogP contribution in [0.15, 0.2) is 16.6 Å². The van der Waals surface area contributed by atoms with Crippen LogP contribution in [0.1, 0.15) is 30.0 Å². The average molecular weight is 288 g/mol. The highest BCUT2D eigenvalue weighted by molar-refractivity contribution is 9.10. The molecule has 0 bridgehead atoms. The summed E-state index contributed by atoms with van der Waals surface area (Å²) >= 11 is 3.31. The van der Waals surface area contributed by atoms with Crippen molar-refractivity contribution in [1.82, 2.24) is 0 Å². The molecule has 0 saturated carbocycles. The summed E-state index contributed by atoms with van der Waals surface area (Å²) in [5.41, 5.74) is 7.13. The number of hydrogen-bond acceptors (Lipinski definition) is 3. The summed E-state index contributed by atoms with van der Waals surface area (Å²) in [5, 5.41) is 18.4. The summed E-state index contributed by atoms with van der Waals surface area (Å²) < 4.78 is 0.823. The molecule has 1 aromatic rings. The quantitative estimate of drug-likeness (QED) is 0.794. The minimum Gasteiger partial charge on any atom is -0.507 e. The molecule has 1 aromatic carbocycles. The Hall–Kier alpha value is -1.07. The van der Waals surface area contributed by atoms with Crippen molar-refractivity contribution in [1.29, 1.82) is 0 Å². The Labute approximate surface area is 102 Å². The number of aryl methyl sites for hydroxylation is 1. The number of rotatable bonds is 4. The number of phenols is 1. The van der Waals surface area contributed by atoms with Crippen LogP contribution in [0, 0.1) is 6.92 Å². The lowest BCUT2D eigenvalue weighted by molar-refractivity contribution is -0.137. The summed E-state index contributed by atoms with van der Waals surface area (Å²) in [5.74, 6) is -0.747. The van der Waals surface area contributed by atoms with Gasteiger partial charge in [0.05, 0.1) is 0 Å². The van der Waals surface area contributed by atoms with Crippen LogP contribution in [0.25, 0.3) is 0 Å². The molecule has 0 spiro atoms. The second-order valence-electron chi connectivity index (χ2n) is 3.70. The minimum absolute atomic E-state index is 0.00777. The zero-order valence-corrected chi connectivity index (χ0v) is 10.5. The molecule has 0 aromatic heterocycles. The van der Waals surface area contributed by atoms with Crippen molar-refractivity contribution >= 4 is 21.9 Å². The second-order valence-corrected chi connectivity index (χ2v) is 4.62. The Morgan fingerprint density at radius 2 is 2.19 bits per heavy atom. The summed E-state index contributed by atoms with van der Waals surface area (Å²) in [7, 11) is 0. The lowest BCUT2D eigenvalue weighted by Crippen LogP contribution is -2.12. The molecule has 4 nitrogen and oxygen atoms in total. The van der Waals surface area contributed by atoms with E-state index in [2.05, 4.69) is 15.9 Å². The van der Waals surface area contributed by atoms with Crippen molar-refractivity contribution in [3.05, 3.63) is 27.7 Å². The number of halogens is 1. The predicted molar refractivity (Wildman–Crippen MR) is 64.3 cm³/mol. The van der Waals surface area contributed by atoms with Crippen LogP contribution in [0.4, 0.5) is 0 Å². The molecule has 88 valence electrons. The first kappa shape index (κ1) is 13.0. The van der Waals surface area contributed by atoms with Gasteiger partial charge < -0.3 is 15.9 Å². The molecule has 0 saturated heterocycles. The zero-order valence-electron chi connectivity index (χ0n) is 8.90. The van der Waals surface area contributed by atoms with E-state index in [0.717, 1.165) is 10.0 Å². The van der Waals surface area contributed by atoms with Gasteiger partial charge in [-0.05, 0) is 31.0 Å². The summed E-state index contributed by atoms with van der Waals surface area (Å²) in [6.07, 6.45) is 0.297. The highest BCUT2D eigenvalue weighted by Gasteiger charge is 2.14. The molecule has 16 heavy (non-hydrogen) atoms. The van der Waals surface area contributed by atoms with Crippen LogP contribution >= 0.6 is 15.9 Å². The molecule has 0 aliphatic heterocycles. The van der Waals surface area contributed by atoms with E-state index in [0.29, 0.717) is 12.0 Å². The Kier molecular flexibility index (Phi) is 4.32. The maximum atomic E-state index is 10.4. The number of carboxylic acids is 1. The second kappa shape index (κ2) is 5.32.